The number of phenols is 2. The van der Waals surface area contributed by atoms with E-state index < -0.39 is 0 Å². The minimum Gasteiger partial charge on any atom is -0.504 e. The molecule has 110 valence electrons. The third-order valence-corrected chi connectivity index (χ3v) is 4.26. The first-order valence-electron chi connectivity index (χ1n) is 7.37. The van der Waals surface area contributed by atoms with E-state index in [-0.39, 0.29) is 11.5 Å². The Morgan fingerprint density at radius 3 is 2.62 bits per heavy atom. The van der Waals surface area contributed by atoms with Crippen molar-refractivity contribution in [2.75, 3.05) is 20.6 Å². The monoisotopic (exact) mass is 283 g/mol. The summed E-state index contributed by atoms with van der Waals surface area (Å²) in [5.41, 5.74) is 5.65. The van der Waals surface area contributed by atoms with Crippen molar-refractivity contribution in [1.29, 1.82) is 0 Å². The van der Waals surface area contributed by atoms with Crippen LogP contribution >= 0.6 is 0 Å². The molecule has 0 saturated carbocycles. The largest absolute Gasteiger partial charge is 0.504 e. The van der Waals surface area contributed by atoms with Gasteiger partial charge in [-0.1, -0.05) is 24.3 Å². The van der Waals surface area contributed by atoms with E-state index in [0.717, 1.165) is 42.5 Å². The quantitative estimate of drug-likeness (QED) is 0.851. The van der Waals surface area contributed by atoms with Crippen LogP contribution in [0.25, 0.3) is 11.1 Å². The van der Waals surface area contributed by atoms with Crippen LogP contribution in [0.1, 0.15) is 16.7 Å². The molecule has 0 radical (unpaired) electrons. The van der Waals surface area contributed by atoms with Gasteiger partial charge in [-0.15, -0.1) is 0 Å². The summed E-state index contributed by atoms with van der Waals surface area (Å²) in [4.78, 5) is 2.18. The lowest BCUT2D eigenvalue weighted by atomic mass is 9.82. The molecular weight excluding hydrogens is 262 g/mol. The Balaban J connectivity index is 2.09. The second kappa shape index (κ2) is 5.41. The number of fused-ring (bicyclic) bond motifs is 3. The first kappa shape index (κ1) is 14.0. The van der Waals surface area contributed by atoms with Gasteiger partial charge in [0.15, 0.2) is 11.5 Å². The van der Waals surface area contributed by atoms with Crippen molar-refractivity contribution in [2.24, 2.45) is 0 Å². The Bertz CT molecular complexity index is 677. The molecule has 0 atom stereocenters. The van der Waals surface area contributed by atoms with Crippen molar-refractivity contribution in [3.8, 4) is 22.6 Å². The second-order valence-corrected chi connectivity index (χ2v) is 5.96. The number of likely N-dealkylation sites (N-methyl/N-ethyl adjacent to an activating group) is 1. The maximum absolute atomic E-state index is 10.2. The van der Waals surface area contributed by atoms with Crippen LogP contribution in [0.4, 0.5) is 0 Å². The fourth-order valence-corrected chi connectivity index (χ4v) is 3.13. The molecule has 2 aromatic rings. The van der Waals surface area contributed by atoms with E-state index in [1.807, 2.05) is 18.2 Å². The standard InChI is InChI=1S/C18H21NO2/c1-19(2)11-10-12-4-3-5-15-14(12)8-6-13-7-9-16(20)18(21)17(13)15/h3-5,7,9,20-21H,6,8,10-11H2,1-2H3. The predicted octanol–water partition coefficient (Wildman–Crippen LogP) is 2.97. The van der Waals surface area contributed by atoms with Crippen molar-refractivity contribution in [2.45, 2.75) is 19.3 Å². The van der Waals surface area contributed by atoms with Gasteiger partial charge in [-0.3, -0.25) is 0 Å². The predicted molar refractivity (Wildman–Crippen MR) is 84.9 cm³/mol. The smallest absolute Gasteiger partial charge is 0.165 e. The molecule has 2 N–H and O–H groups in total. The lowest BCUT2D eigenvalue weighted by Gasteiger charge is -2.24. The van der Waals surface area contributed by atoms with Gasteiger partial charge in [0.2, 0.25) is 0 Å². The lowest BCUT2D eigenvalue weighted by molar-refractivity contribution is 0.404. The lowest BCUT2D eigenvalue weighted by Crippen LogP contribution is -2.17. The van der Waals surface area contributed by atoms with Gasteiger partial charge in [0.05, 0.1) is 0 Å². The van der Waals surface area contributed by atoms with Crippen LogP contribution in [0, 0.1) is 0 Å². The molecule has 0 saturated heterocycles. The van der Waals surface area contributed by atoms with Crippen molar-refractivity contribution in [3.05, 3.63) is 47.0 Å². The van der Waals surface area contributed by atoms with E-state index in [1.165, 1.54) is 11.1 Å². The maximum atomic E-state index is 10.2. The zero-order valence-electron chi connectivity index (χ0n) is 12.6. The summed E-state index contributed by atoms with van der Waals surface area (Å²) in [5, 5.41) is 20.0. The minimum absolute atomic E-state index is 0.0122. The van der Waals surface area contributed by atoms with Crippen LogP contribution in [-0.2, 0) is 19.3 Å². The summed E-state index contributed by atoms with van der Waals surface area (Å²) < 4.78 is 0. The van der Waals surface area contributed by atoms with Crippen LogP contribution in [0.15, 0.2) is 30.3 Å². The molecule has 21 heavy (non-hydrogen) atoms. The number of aromatic hydroxyl groups is 2. The summed E-state index contributed by atoms with van der Waals surface area (Å²) in [5.74, 6) is -0.0292. The Hall–Kier alpha value is -2.00. The first-order valence-corrected chi connectivity index (χ1v) is 7.37. The van der Waals surface area contributed by atoms with Gasteiger partial charge in [0.25, 0.3) is 0 Å². The van der Waals surface area contributed by atoms with Crippen molar-refractivity contribution >= 4 is 0 Å². The maximum Gasteiger partial charge on any atom is 0.165 e. The van der Waals surface area contributed by atoms with E-state index in [4.69, 9.17) is 0 Å². The summed E-state index contributed by atoms with van der Waals surface area (Å²) in [6, 6.07) is 9.76. The van der Waals surface area contributed by atoms with Crippen molar-refractivity contribution in [1.82, 2.24) is 4.90 Å². The molecule has 0 fully saturated rings. The van der Waals surface area contributed by atoms with E-state index in [0.29, 0.717) is 0 Å². The number of hydrogen-bond donors (Lipinski definition) is 2. The van der Waals surface area contributed by atoms with Crippen LogP contribution in [0.3, 0.4) is 0 Å². The number of rotatable bonds is 3. The van der Waals surface area contributed by atoms with E-state index >= 15 is 0 Å². The summed E-state index contributed by atoms with van der Waals surface area (Å²) in [6.07, 6.45) is 2.91. The third-order valence-electron chi connectivity index (χ3n) is 4.26. The van der Waals surface area contributed by atoms with Gasteiger partial charge >= 0.3 is 0 Å². The number of hydrogen-bond acceptors (Lipinski definition) is 3. The van der Waals surface area contributed by atoms with Crippen molar-refractivity contribution < 1.29 is 10.2 Å². The van der Waals surface area contributed by atoms with E-state index in [2.05, 4.69) is 25.1 Å². The summed E-state index contributed by atoms with van der Waals surface area (Å²) in [7, 11) is 4.16. The highest BCUT2D eigenvalue weighted by atomic mass is 16.3. The molecule has 0 amide bonds. The third kappa shape index (κ3) is 2.49. The molecule has 0 bridgehead atoms. The van der Waals surface area contributed by atoms with Gasteiger partial charge in [0.1, 0.15) is 0 Å². The van der Waals surface area contributed by atoms with Crippen molar-refractivity contribution in [3.63, 3.8) is 0 Å². The molecule has 0 spiro atoms. The van der Waals surface area contributed by atoms with Crippen LogP contribution in [0.5, 0.6) is 11.5 Å². The van der Waals surface area contributed by atoms with Gasteiger partial charge in [-0.05, 0) is 61.7 Å². The molecule has 0 aromatic heterocycles. The molecule has 0 heterocycles. The average molecular weight is 283 g/mol. The molecule has 3 heteroatoms. The summed E-state index contributed by atoms with van der Waals surface area (Å²) in [6.45, 7) is 1.01. The highest BCUT2D eigenvalue weighted by Gasteiger charge is 2.22. The Kier molecular flexibility index (Phi) is 3.60. The highest BCUT2D eigenvalue weighted by molar-refractivity contribution is 5.81. The first-order chi connectivity index (χ1) is 10.1. The minimum atomic E-state index is -0.0414. The average Bonchev–Trinajstić information content (AvgIpc) is 2.48. The second-order valence-electron chi connectivity index (χ2n) is 5.96. The normalized spacial score (nSPS) is 13.1. The van der Waals surface area contributed by atoms with Crippen LogP contribution in [0.2, 0.25) is 0 Å². The fraction of sp³-hybridized carbons (Fsp3) is 0.333. The van der Waals surface area contributed by atoms with Crippen LogP contribution < -0.4 is 0 Å². The zero-order valence-corrected chi connectivity index (χ0v) is 12.6. The molecule has 1 aliphatic carbocycles. The highest BCUT2D eigenvalue weighted by Crippen LogP contribution is 2.44. The van der Waals surface area contributed by atoms with Crippen LogP contribution in [-0.4, -0.2) is 35.8 Å². The van der Waals surface area contributed by atoms with E-state index in [9.17, 15) is 10.2 Å². The Morgan fingerprint density at radius 2 is 1.86 bits per heavy atom. The van der Waals surface area contributed by atoms with Gasteiger partial charge in [0, 0.05) is 12.1 Å². The number of benzene rings is 2. The number of nitrogens with zero attached hydrogens (tertiary/aromatic N) is 1. The Labute approximate surface area is 125 Å². The number of aryl methyl sites for hydroxylation is 1. The Morgan fingerprint density at radius 1 is 1.05 bits per heavy atom. The zero-order chi connectivity index (χ0) is 15.0. The van der Waals surface area contributed by atoms with E-state index in [1.54, 1.807) is 6.07 Å². The molecule has 0 unspecified atom stereocenters. The SMILES string of the molecule is CN(C)CCc1cccc2c1CCc1ccc(O)c(O)c1-2. The number of phenolic OH excluding ortho intramolecular Hbond substituents is 2. The van der Waals surface area contributed by atoms with Gasteiger partial charge in [-0.25, -0.2) is 0 Å². The molecule has 1 aliphatic rings. The fourth-order valence-electron chi connectivity index (χ4n) is 3.13. The molecule has 0 aliphatic heterocycles. The molecule has 3 nitrogen and oxygen atoms in total. The van der Waals surface area contributed by atoms with Gasteiger partial charge < -0.3 is 15.1 Å². The molecule has 3 rings (SSSR count). The summed E-state index contributed by atoms with van der Waals surface area (Å²) >= 11 is 0. The molecular formula is C18H21NO2. The van der Waals surface area contributed by atoms with Gasteiger partial charge in [-0.2, -0.15) is 0 Å². The molecule has 2 aromatic carbocycles. The topological polar surface area (TPSA) is 43.7 Å².